The van der Waals surface area contributed by atoms with Gasteiger partial charge in [-0.2, -0.15) is 0 Å². The molecule has 1 fully saturated rings. The Labute approximate surface area is 79.6 Å². The van der Waals surface area contributed by atoms with Gasteiger partial charge in [-0.05, 0) is 19.3 Å². The molecule has 1 rings (SSSR count). The second-order valence-electron chi connectivity index (χ2n) is 3.46. The molecule has 2 heteroatoms. The van der Waals surface area contributed by atoms with Gasteiger partial charge in [0.05, 0.1) is 6.10 Å². The Morgan fingerprint density at radius 2 is 2.54 bits per heavy atom. The van der Waals surface area contributed by atoms with Crippen molar-refractivity contribution < 1.29 is 9.84 Å². The third kappa shape index (κ3) is 1.63. The van der Waals surface area contributed by atoms with Crippen molar-refractivity contribution in [2.24, 2.45) is 5.92 Å². The first-order valence-electron chi connectivity index (χ1n) is 4.53. The molecule has 0 bridgehead atoms. The van der Waals surface area contributed by atoms with Crippen LogP contribution in [-0.4, -0.2) is 23.9 Å². The molecule has 0 aromatic carbocycles. The topological polar surface area (TPSA) is 29.5 Å². The van der Waals surface area contributed by atoms with Gasteiger partial charge in [-0.25, -0.2) is 0 Å². The molecule has 0 unspecified atom stereocenters. The van der Waals surface area contributed by atoms with E-state index in [0.717, 1.165) is 19.3 Å². The van der Waals surface area contributed by atoms with Crippen molar-refractivity contribution >= 4 is 0 Å². The van der Waals surface area contributed by atoms with E-state index in [9.17, 15) is 5.11 Å². The van der Waals surface area contributed by atoms with E-state index in [1.807, 2.05) is 0 Å². The van der Waals surface area contributed by atoms with E-state index in [0.29, 0.717) is 0 Å². The van der Waals surface area contributed by atoms with E-state index in [2.05, 4.69) is 12.5 Å². The van der Waals surface area contributed by atoms with Gasteiger partial charge in [0.25, 0.3) is 0 Å². The number of aliphatic hydroxyl groups excluding tert-OH is 1. The van der Waals surface area contributed by atoms with Crippen LogP contribution in [0.5, 0.6) is 0 Å². The monoisotopic (exact) mass is 180 g/mol. The lowest BCUT2D eigenvalue weighted by molar-refractivity contribution is -0.0276. The molecular formula is C11H16O2. The van der Waals surface area contributed by atoms with E-state index in [-0.39, 0.29) is 5.92 Å². The molecule has 72 valence electrons. The van der Waals surface area contributed by atoms with Gasteiger partial charge in [0.15, 0.2) is 0 Å². The van der Waals surface area contributed by atoms with Crippen LogP contribution in [0.15, 0.2) is 12.7 Å². The number of aliphatic hydroxyl groups is 1. The number of hydrogen-bond acceptors (Lipinski definition) is 2. The Balaban J connectivity index is 2.85. The minimum atomic E-state index is -0.576. The van der Waals surface area contributed by atoms with Crippen LogP contribution < -0.4 is 0 Å². The van der Waals surface area contributed by atoms with E-state index in [1.165, 1.54) is 6.08 Å². The molecule has 0 aromatic rings. The van der Waals surface area contributed by atoms with E-state index in [1.54, 1.807) is 7.11 Å². The fourth-order valence-electron chi connectivity index (χ4n) is 2.11. The summed E-state index contributed by atoms with van der Waals surface area (Å²) in [5.41, 5.74) is -0.576. The lowest BCUT2D eigenvalue weighted by Gasteiger charge is -2.30. The predicted molar refractivity (Wildman–Crippen MR) is 52.1 cm³/mol. The Hall–Kier alpha value is -0.780. The maximum Gasteiger partial charge on any atom is 0.133 e. The lowest BCUT2D eigenvalue weighted by Crippen LogP contribution is -2.39. The van der Waals surface area contributed by atoms with E-state index < -0.39 is 11.7 Å². The number of terminal acetylenes is 1. The highest BCUT2D eigenvalue weighted by Crippen LogP contribution is 2.40. The highest BCUT2D eigenvalue weighted by molar-refractivity contribution is 5.17. The largest absolute Gasteiger partial charge is 0.389 e. The Morgan fingerprint density at radius 1 is 1.85 bits per heavy atom. The summed E-state index contributed by atoms with van der Waals surface area (Å²) in [4.78, 5) is 0. The van der Waals surface area contributed by atoms with Gasteiger partial charge in [0.1, 0.15) is 5.60 Å². The Bertz CT molecular complexity index is 229. The summed E-state index contributed by atoms with van der Waals surface area (Å²) >= 11 is 0. The molecule has 0 radical (unpaired) electrons. The molecule has 3 atom stereocenters. The molecular weight excluding hydrogens is 164 g/mol. The van der Waals surface area contributed by atoms with Crippen LogP contribution >= 0.6 is 0 Å². The average molecular weight is 180 g/mol. The van der Waals surface area contributed by atoms with Crippen molar-refractivity contribution in [1.29, 1.82) is 0 Å². The summed E-state index contributed by atoms with van der Waals surface area (Å²) in [6.45, 7) is 3.57. The van der Waals surface area contributed by atoms with Crippen molar-refractivity contribution in [1.82, 2.24) is 0 Å². The van der Waals surface area contributed by atoms with Crippen LogP contribution in [0.2, 0.25) is 0 Å². The molecule has 0 heterocycles. The summed E-state index contributed by atoms with van der Waals surface area (Å²) in [7, 11) is 1.61. The van der Waals surface area contributed by atoms with Gasteiger partial charge in [-0.3, -0.25) is 0 Å². The van der Waals surface area contributed by atoms with Gasteiger partial charge >= 0.3 is 0 Å². The van der Waals surface area contributed by atoms with Crippen LogP contribution in [0.1, 0.15) is 19.3 Å². The van der Waals surface area contributed by atoms with Crippen molar-refractivity contribution in [2.75, 3.05) is 7.11 Å². The van der Waals surface area contributed by atoms with Crippen LogP contribution in [-0.2, 0) is 4.74 Å². The third-order valence-corrected chi connectivity index (χ3v) is 2.92. The van der Waals surface area contributed by atoms with Gasteiger partial charge in [-0.1, -0.05) is 12.0 Å². The number of rotatable bonds is 3. The van der Waals surface area contributed by atoms with Gasteiger partial charge < -0.3 is 9.84 Å². The van der Waals surface area contributed by atoms with Crippen molar-refractivity contribution in [3.05, 3.63) is 12.7 Å². The third-order valence-electron chi connectivity index (χ3n) is 2.92. The number of ether oxygens (including phenoxy) is 1. The average Bonchev–Trinajstić information content (AvgIpc) is 2.60. The minimum absolute atomic E-state index is 0.000000000000000444. The maximum absolute atomic E-state index is 9.66. The zero-order valence-corrected chi connectivity index (χ0v) is 7.99. The Morgan fingerprint density at radius 3 is 3.00 bits per heavy atom. The molecule has 1 saturated carbocycles. The quantitative estimate of drug-likeness (QED) is 0.525. The molecule has 1 aliphatic carbocycles. The summed E-state index contributed by atoms with van der Waals surface area (Å²) in [6, 6.07) is 0. The highest BCUT2D eigenvalue weighted by Gasteiger charge is 2.44. The lowest BCUT2D eigenvalue weighted by atomic mass is 9.87. The van der Waals surface area contributed by atoms with Crippen LogP contribution in [0.25, 0.3) is 0 Å². The molecule has 1 N–H and O–H groups in total. The molecule has 0 aliphatic heterocycles. The van der Waals surface area contributed by atoms with E-state index in [4.69, 9.17) is 11.2 Å². The van der Waals surface area contributed by atoms with Crippen molar-refractivity contribution in [3.8, 4) is 12.3 Å². The van der Waals surface area contributed by atoms with Crippen molar-refractivity contribution in [2.45, 2.75) is 31.0 Å². The smallest absolute Gasteiger partial charge is 0.133 e. The molecule has 0 saturated heterocycles. The summed E-state index contributed by atoms with van der Waals surface area (Å²) in [6.07, 6.45) is 9.16. The first-order chi connectivity index (χ1) is 6.20. The first-order valence-corrected chi connectivity index (χ1v) is 4.53. The summed E-state index contributed by atoms with van der Waals surface area (Å²) in [5, 5.41) is 9.66. The molecule has 0 aromatic heterocycles. The summed E-state index contributed by atoms with van der Waals surface area (Å²) in [5.74, 6) is 2.66. The molecule has 13 heavy (non-hydrogen) atoms. The maximum atomic E-state index is 9.66. The fourth-order valence-corrected chi connectivity index (χ4v) is 2.11. The second kappa shape index (κ2) is 3.95. The van der Waals surface area contributed by atoms with Crippen molar-refractivity contribution in [3.63, 3.8) is 0 Å². The normalized spacial score (nSPS) is 35.3. The van der Waals surface area contributed by atoms with Gasteiger partial charge in [0, 0.05) is 13.0 Å². The molecule has 0 spiro atoms. The molecule has 0 amide bonds. The second-order valence-corrected chi connectivity index (χ2v) is 3.46. The van der Waals surface area contributed by atoms with Crippen LogP contribution in [0.3, 0.4) is 0 Å². The highest BCUT2D eigenvalue weighted by atomic mass is 16.5. The SMILES string of the molecule is C#C[C@]1(OC)CCC[C@@H]1[C@H](O)C=C. The van der Waals surface area contributed by atoms with Gasteiger partial charge in [0.2, 0.25) is 0 Å². The zero-order valence-electron chi connectivity index (χ0n) is 7.99. The molecule has 2 nitrogen and oxygen atoms in total. The molecule has 1 aliphatic rings. The van der Waals surface area contributed by atoms with Crippen LogP contribution in [0, 0.1) is 18.3 Å². The van der Waals surface area contributed by atoms with E-state index >= 15 is 0 Å². The number of methoxy groups -OCH3 is 1. The Kier molecular flexibility index (Phi) is 3.13. The minimum Gasteiger partial charge on any atom is -0.389 e. The summed E-state index contributed by atoms with van der Waals surface area (Å²) < 4.78 is 5.34. The van der Waals surface area contributed by atoms with Crippen LogP contribution in [0.4, 0.5) is 0 Å². The standard InChI is InChI=1S/C11H16O2/c1-4-10(12)9-7-6-8-11(9,5-2)13-3/h2,4,9-10,12H,1,6-8H2,3H3/t9-,10-,11+/m1/s1. The fraction of sp³-hybridized carbons (Fsp3) is 0.636. The van der Waals surface area contributed by atoms with Gasteiger partial charge in [-0.15, -0.1) is 13.0 Å². The first kappa shape index (κ1) is 10.3. The number of hydrogen-bond donors (Lipinski definition) is 1. The predicted octanol–water partition coefficient (Wildman–Crippen LogP) is 1.35. The zero-order chi connectivity index (χ0) is 9.90.